The Balaban J connectivity index is 1.56. The molecule has 0 bridgehead atoms. The van der Waals surface area contributed by atoms with Crippen LogP contribution in [0.2, 0.25) is 10.0 Å². The summed E-state index contributed by atoms with van der Waals surface area (Å²) in [6.45, 7) is 0. The van der Waals surface area contributed by atoms with Crippen LogP contribution < -0.4 is 0 Å². The summed E-state index contributed by atoms with van der Waals surface area (Å²) in [4.78, 5) is 38.3. The fraction of sp³-hybridized carbons (Fsp3) is 0.0800. The number of nitrogens with zero attached hydrogens (tertiary/aromatic N) is 1. The number of fused-ring (bicyclic) bond motifs is 1. The largest absolute Gasteiger partial charge is 0.399 e. The first kappa shape index (κ1) is 23.7. The Bertz CT molecular complexity index is 1280. The summed E-state index contributed by atoms with van der Waals surface area (Å²) in [5.41, 5.74) is 0.583. The Morgan fingerprint density at radius 3 is 1.88 bits per heavy atom. The van der Waals surface area contributed by atoms with E-state index in [0.717, 1.165) is 6.08 Å². The van der Waals surface area contributed by atoms with Crippen LogP contribution in [0.5, 0.6) is 0 Å². The number of alkyl halides is 3. The number of rotatable bonds is 4. The number of carbonyl (C=O) groups is 3. The summed E-state index contributed by atoms with van der Waals surface area (Å²) in [6.07, 6.45) is -2.38. The standard InChI is InChI=1S/C25H14Cl2F3NO3/c26-17-11-16(12-18(27)13-17)21(25(28,29)30)10-7-14-5-8-15(9-6-14)22(32)31-23(33)19-3-1-2-4-20(19)24(31)34/h1-13,21H/b10-7+. The molecule has 4 nitrogen and oxygen atoms in total. The molecule has 0 N–H and O–H groups in total. The maximum absolute atomic E-state index is 13.6. The van der Waals surface area contributed by atoms with E-state index in [1.54, 1.807) is 12.1 Å². The monoisotopic (exact) mass is 503 g/mol. The molecule has 1 aliphatic heterocycles. The molecule has 172 valence electrons. The zero-order chi connectivity index (χ0) is 24.6. The molecule has 0 spiro atoms. The third kappa shape index (κ3) is 4.62. The molecular weight excluding hydrogens is 490 g/mol. The molecule has 9 heteroatoms. The van der Waals surface area contributed by atoms with Gasteiger partial charge in [0.05, 0.1) is 17.0 Å². The van der Waals surface area contributed by atoms with Crippen LogP contribution >= 0.6 is 23.2 Å². The molecule has 1 atom stereocenters. The van der Waals surface area contributed by atoms with E-state index in [2.05, 4.69) is 0 Å². The van der Waals surface area contributed by atoms with Crippen LogP contribution in [0.1, 0.15) is 48.1 Å². The molecule has 1 heterocycles. The first-order valence-corrected chi connectivity index (χ1v) is 10.6. The molecule has 0 saturated carbocycles. The van der Waals surface area contributed by atoms with Gasteiger partial charge in [-0.05, 0) is 53.6 Å². The van der Waals surface area contributed by atoms with Gasteiger partial charge in [-0.25, -0.2) is 4.90 Å². The molecule has 0 aliphatic carbocycles. The molecule has 4 rings (SSSR count). The molecule has 1 unspecified atom stereocenters. The highest BCUT2D eigenvalue weighted by Crippen LogP contribution is 2.38. The highest BCUT2D eigenvalue weighted by Gasteiger charge is 2.40. The van der Waals surface area contributed by atoms with E-state index in [1.807, 2.05) is 0 Å². The second-order valence-corrected chi connectivity index (χ2v) is 8.37. The average molecular weight is 504 g/mol. The molecule has 0 fully saturated rings. The molecule has 34 heavy (non-hydrogen) atoms. The number of carbonyl (C=O) groups excluding carboxylic acids is 3. The van der Waals surface area contributed by atoms with Crippen LogP contribution in [-0.4, -0.2) is 28.8 Å². The van der Waals surface area contributed by atoms with Crippen molar-refractivity contribution in [2.24, 2.45) is 0 Å². The Morgan fingerprint density at radius 1 is 0.853 bits per heavy atom. The molecule has 1 aliphatic rings. The fourth-order valence-electron chi connectivity index (χ4n) is 3.61. The van der Waals surface area contributed by atoms with Crippen LogP contribution in [0.3, 0.4) is 0 Å². The van der Waals surface area contributed by atoms with E-state index in [-0.39, 0.29) is 32.3 Å². The topological polar surface area (TPSA) is 54.5 Å². The number of benzene rings is 3. The van der Waals surface area contributed by atoms with Crippen LogP contribution in [0.25, 0.3) is 6.08 Å². The van der Waals surface area contributed by atoms with Gasteiger partial charge in [0, 0.05) is 15.6 Å². The van der Waals surface area contributed by atoms with E-state index >= 15 is 0 Å². The van der Waals surface area contributed by atoms with E-state index in [9.17, 15) is 27.6 Å². The van der Waals surface area contributed by atoms with Crippen LogP contribution in [0.4, 0.5) is 13.2 Å². The summed E-state index contributed by atoms with van der Waals surface area (Å²) in [6, 6.07) is 15.3. The van der Waals surface area contributed by atoms with Crippen molar-refractivity contribution in [1.82, 2.24) is 4.90 Å². The number of imide groups is 3. The Kier molecular flexibility index (Phi) is 6.34. The van der Waals surface area contributed by atoms with Crippen LogP contribution in [-0.2, 0) is 0 Å². The SMILES string of the molecule is O=C(c1ccc(/C=C/C(c2cc(Cl)cc(Cl)c2)C(F)(F)F)cc1)N1C(=O)c2ccccc2C1=O. The fourth-order valence-corrected chi connectivity index (χ4v) is 4.15. The highest BCUT2D eigenvalue weighted by atomic mass is 35.5. The number of hydrogen-bond donors (Lipinski definition) is 0. The predicted molar refractivity (Wildman–Crippen MR) is 122 cm³/mol. The molecule has 0 radical (unpaired) electrons. The second-order valence-electron chi connectivity index (χ2n) is 7.50. The molecule has 0 aromatic heterocycles. The minimum atomic E-state index is -4.59. The normalized spacial score (nSPS) is 14.6. The maximum atomic E-state index is 13.6. The van der Waals surface area contributed by atoms with E-state index in [1.165, 1.54) is 60.7 Å². The molecular formula is C25H14Cl2F3NO3. The first-order chi connectivity index (χ1) is 16.1. The zero-order valence-corrected chi connectivity index (χ0v) is 18.7. The van der Waals surface area contributed by atoms with Crippen molar-refractivity contribution in [3.63, 3.8) is 0 Å². The number of halogens is 5. The van der Waals surface area contributed by atoms with Gasteiger partial charge < -0.3 is 0 Å². The molecule has 3 amide bonds. The van der Waals surface area contributed by atoms with Gasteiger partial charge in [0.2, 0.25) is 0 Å². The second kappa shape index (κ2) is 9.08. The highest BCUT2D eigenvalue weighted by molar-refractivity contribution is 6.34. The summed E-state index contributed by atoms with van der Waals surface area (Å²) in [5.74, 6) is -4.21. The lowest BCUT2D eigenvalue weighted by atomic mass is 9.97. The number of allylic oxidation sites excluding steroid dienone is 1. The molecule has 3 aromatic rings. The summed E-state index contributed by atoms with van der Waals surface area (Å²) < 4.78 is 40.9. The van der Waals surface area contributed by atoms with Crippen molar-refractivity contribution in [2.45, 2.75) is 12.1 Å². The molecule has 3 aromatic carbocycles. The maximum Gasteiger partial charge on any atom is 0.399 e. The lowest BCUT2D eigenvalue weighted by Gasteiger charge is -2.18. The lowest BCUT2D eigenvalue weighted by molar-refractivity contribution is -0.139. The smallest absolute Gasteiger partial charge is 0.268 e. The zero-order valence-electron chi connectivity index (χ0n) is 17.1. The lowest BCUT2D eigenvalue weighted by Crippen LogP contribution is -2.36. The van der Waals surface area contributed by atoms with Gasteiger partial charge in [0.25, 0.3) is 17.7 Å². The van der Waals surface area contributed by atoms with Crippen LogP contribution in [0.15, 0.2) is 72.8 Å². The van der Waals surface area contributed by atoms with Gasteiger partial charge in [-0.3, -0.25) is 14.4 Å². The van der Waals surface area contributed by atoms with E-state index < -0.39 is 29.8 Å². The van der Waals surface area contributed by atoms with Gasteiger partial charge in [-0.2, -0.15) is 13.2 Å². The van der Waals surface area contributed by atoms with Crippen molar-refractivity contribution >= 4 is 47.0 Å². The number of hydrogen-bond acceptors (Lipinski definition) is 3. The van der Waals surface area contributed by atoms with Crippen molar-refractivity contribution in [3.05, 3.63) is 111 Å². The first-order valence-electron chi connectivity index (χ1n) is 9.89. The number of amides is 3. The van der Waals surface area contributed by atoms with Gasteiger partial charge >= 0.3 is 6.18 Å². The molecule has 0 saturated heterocycles. The van der Waals surface area contributed by atoms with Crippen molar-refractivity contribution in [3.8, 4) is 0 Å². The summed E-state index contributed by atoms with van der Waals surface area (Å²) >= 11 is 11.7. The van der Waals surface area contributed by atoms with E-state index in [0.29, 0.717) is 10.5 Å². The van der Waals surface area contributed by atoms with Crippen molar-refractivity contribution < 1.29 is 27.6 Å². The summed E-state index contributed by atoms with van der Waals surface area (Å²) in [5, 5.41) is 0.169. The van der Waals surface area contributed by atoms with Gasteiger partial charge in [0.1, 0.15) is 0 Å². The average Bonchev–Trinajstić information content (AvgIpc) is 3.03. The Morgan fingerprint density at radius 2 is 1.38 bits per heavy atom. The van der Waals surface area contributed by atoms with Crippen molar-refractivity contribution in [2.75, 3.05) is 0 Å². The minimum Gasteiger partial charge on any atom is -0.268 e. The van der Waals surface area contributed by atoms with Gasteiger partial charge in [-0.1, -0.05) is 59.6 Å². The van der Waals surface area contributed by atoms with Gasteiger partial charge in [-0.15, -0.1) is 0 Å². The van der Waals surface area contributed by atoms with Crippen molar-refractivity contribution in [1.29, 1.82) is 0 Å². The summed E-state index contributed by atoms with van der Waals surface area (Å²) in [7, 11) is 0. The van der Waals surface area contributed by atoms with Gasteiger partial charge in [0.15, 0.2) is 0 Å². The third-order valence-electron chi connectivity index (χ3n) is 5.23. The quantitative estimate of drug-likeness (QED) is 0.368. The Labute approximate surface area is 202 Å². The Hall–Kier alpha value is -3.42. The van der Waals surface area contributed by atoms with Crippen LogP contribution in [0, 0.1) is 0 Å². The van der Waals surface area contributed by atoms with E-state index in [4.69, 9.17) is 23.2 Å². The third-order valence-corrected chi connectivity index (χ3v) is 5.67. The predicted octanol–water partition coefficient (Wildman–Crippen LogP) is 6.79. The minimum absolute atomic E-state index is 0.0423.